The van der Waals surface area contributed by atoms with E-state index in [0.29, 0.717) is 12.0 Å². The van der Waals surface area contributed by atoms with Crippen molar-refractivity contribution in [1.82, 2.24) is 0 Å². The average Bonchev–Trinajstić information content (AvgIpc) is 2.29. The molecule has 0 spiro atoms. The maximum atomic E-state index is 6.21. The third kappa shape index (κ3) is 2.33. The van der Waals surface area contributed by atoms with Crippen molar-refractivity contribution < 1.29 is 4.43 Å². The Morgan fingerprint density at radius 3 is 1.88 bits per heavy atom. The normalized spacial score (nSPS) is 22.7. The fourth-order valence-electron chi connectivity index (χ4n) is 2.99. The van der Waals surface area contributed by atoms with E-state index in [4.69, 9.17) is 4.43 Å². The minimum Gasteiger partial charge on any atom is -0.411 e. The van der Waals surface area contributed by atoms with Crippen LogP contribution in [0, 0.1) is 5.92 Å². The van der Waals surface area contributed by atoms with Crippen molar-refractivity contribution in [3.05, 3.63) is 21.9 Å². The van der Waals surface area contributed by atoms with E-state index in [1.807, 2.05) is 0 Å². The van der Waals surface area contributed by atoms with Crippen LogP contribution in [0.15, 0.2) is 21.9 Å². The van der Waals surface area contributed by atoms with Gasteiger partial charge in [0.05, 0.1) is 0 Å². The fraction of sp³-hybridized carbons (Fsp3) is 0.714. The molecule has 0 radical (unpaired) electrons. The van der Waals surface area contributed by atoms with Gasteiger partial charge in [-0.3, -0.25) is 0 Å². The lowest BCUT2D eigenvalue weighted by Gasteiger charge is -2.31. The van der Waals surface area contributed by atoms with E-state index < -0.39 is 8.32 Å². The van der Waals surface area contributed by atoms with E-state index in [0.717, 1.165) is 0 Å². The molecule has 1 atom stereocenters. The zero-order valence-corrected chi connectivity index (χ0v) is 13.1. The third-order valence-corrected chi connectivity index (χ3v) is 6.99. The van der Waals surface area contributed by atoms with Gasteiger partial charge < -0.3 is 4.43 Å². The van der Waals surface area contributed by atoms with E-state index in [1.165, 1.54) is 16.7 Å². The number of hydrogen-bond acceptors (Lipinski definition) is 1. The first-order valence-corrected chi connectivity index (χ1v) is 9.16. The molecular formula is C14H26OSi. The highest BCUT2D eigenvalue weighted by atomic mass is 28.4. The summed E-state index contributed by atoms with van der Waals surface area (Å²) in [4.78, 5) is 0. The van der Waals surface area contributed by atoms with Crippen molar-refractivity contribution in [2.45, 2.75) is 60.7 Å². The van der Waals surface area contributed by atoms with Gasteiger partial charge in [0.2, 0.25) is 8.32 Å². The van der Waals surface area contributed by atoms with Crippen LogP contribution in [0.25, 0.3) is 0 Å². The van der Waals surface area contributed by atoms with Gasteiger partial charge >= 0.3 is 0 Å². The van der Waals surface area contributed by atoms with Crippen LogP contribution in [-0.2, 0) is 4.43 Å². The maximum Gasteiger partial charge on any atom is 0.215 e. The summed E-state index contributed by atoms with van der Waals surface area (Å²) < 4.78 is 6.21. The van der Waals surface area contributed by atoms with Gasteiger partial charge in [0, 0.05) is 6.10 Å². The molecule has 0 saturated carbocycles. The number of rotatable bonds is 3. The smallest absolute Gasteiger partial charge is 0.215 e. The molecule has 1 nitrogen and oxygen atoms in total. The highest BCUT2D eigenvalue weighted by molar-refractivity contribution is 6.79. The molecule has 1 aliphatic rings. The second-order valence-electron chi connectivity index (χ2n) is 5.75. The molecule has 0 aromatic carbocycles. The molecule has 1 aliphatic carbocycles. The first kappa shape index (κ1) is 13.7. The molecule has 0 heterocycles. The molecule has 1 rings (SSSR count). The molecule has 0 aromatic heterocycles. The molecule has 16 heavy (non-hydrogen) atoms. The quantitative estimate of drug-likeness (QED) is 0.660. The number of hydrogen-bond donors (Lipinski definition) is 0. The SMILES string of the molecule is CC1=C(C)C(C)C([Si](C)(C)OC(C)C)=C1C. The first-order chi connectivity index (χ1) is 7.18. The lowest BCUT2D eigenvalue weighted by Crippen LogP contribution is -2.38. The molecule has 92 valence electrons. The standard InChI is InChI=1S/C14H26OSi/c1-9(2)15-16(7,8)14-12(5)10(3)11(4)13(14)6/h9,12H,1-8H3. The van der Waals surface area contributed by atoms with E-state index in [-0.39, 0.29) is 0 Å². The molecule has 1 unspecified atom stereocenters. The van der Waals surface area contributed by atoms with E-state index >= 15 is 0 Å². The zero-order valence-electron chi connectivity index (χ0n) is 12.1. The van der Waals surface area contributed by atoms with Gasteiger partial charge in [-0.1, -0.05) is 18.1 Å². The molecule has 0 aliphatic heterocycles. The molecule has 0 N–H and O–H groups in total. The lowest BCUT2D eigenvalue weighted by molar-refractivity contribution is 0.234. The van der Waals surface area contributed by atoms with E-state index in [2.05, 4.69) is 54.6 Å². The van der Waals surface area contributed by atoms with Crippen LogP contribution >= 0.6 is 0 Å². The van der Waals surface area contributed by atoms with Crippen LogP contribution in [0.3, 0.4) is 0 Å². The van der Waals surface area contributed by atoms with Gasteiger partial charge in [-0.15, -0.1) is 0 Å². The monoisotopic (exact) mass is 238 g/mol. The summed E-state index contributed by atoms with van der Waals surface area (Å²) in [7, 11) is -1.71. The van der Waals surface area contributed by atoms with Crippen LogP contribution in [0.4, 0.5) is 0 Å². The Hall–Kier alpha value is -0.343. The topological polar surface area (TPSA) is 9.23 Å². The average molecular weight is 238 g/mol. The number of allylic oxidation sites excluding steroid dienone is 4. The minimum atomic E-state index is -1.71. The summed E-state index contributed by atoms with van der Waals surface area (Å²) in [5.41, 5.74) is 4.50. The Morgan fingerprint density at radius 2 is 1.56 bits per heavy atom. The van der Waals surface area contributed by atoms with Crippen LogP contribution < -0.4 is 0 Å². The van der Waals surface area contributed by atoms with Gasteiger partial charge in [-0.05, 0) is 64.4 Å². The van der Waals surface area contributed by atoms with Crippen LogP contribution in [0.1, 0.15) is 41.5 Å². The molecule has 0 bridgehead atoms. The van der Waals surface area contributed by atoms with Crippen LogP contribution in [0.2, 0.25) is 13.1 Å². The van der Waals surface area contributed by atoms with Crippen molar-refractivity contribution in [3.8, 4) is 0 Å². The largest absolute Gasteiger partial charge is 0.411 e. The molecule has 0 fully saturated rings. The van der Waals surface area contributed by atoms with Crippen LogP contribution in [-0.4, -0.2) is 14.4 Å². The Bertz CT molecular complexity index is 348. The Kier molecular flexibility index (Phi) is 3.86. The summed E-state index contributed by atoms with van der Waals surface area (Å²) in [5, 5.41) is 1.59. The zero-order chi connectivity index (χ0) is 12.7. The van der Waals surface area contributed by atoms with Crippen molar-refractivity contribution >= 4 is 8.32 Å². The van der Waals surface area contributed by atoms with Gasteiger partial charge in [0.1, 0.15) is 0 Å². The summed E-state index contributed by atoms with van der Waals surface area (Å²) in [6.07, 6.45) is 0.329. The molecular weight excluding hydrogens is 212 g/mol. The van der Waals surface area contributed by atoms with Crippen LogP contribution in [0.5, 0.6) is 0 Å². The Labute approximate surface area is 102 Å². The molecule has 2 heteroatoms. The van der Waals surface area contributed by atoms with Gasteiger partial charge in [0.15, 0.2) is 0 Å². The molecule has 0 amide bonds. The summed E-state index contributed by atoms with van der Waals surface area (Å²) >= 11 is 0. The maximum absolute atomic E-state index is 6.21. The van der Waals surface area contributed by atoms with Gasteiger partial charge in [-0.25, -0.2) is 0 Å². The van der Waals surface area contributed by atoms with E-state index in [9.17, 15) is 0 Å². The fourth-order valence-corrected chi connectivity index (χ4v) is 6.64. The molecule has 0 saturated heterocycles. The molecule has 0 aromatic rings. The Morgan fingerprint density at radius 1 is 1.06 bits per heavy atom. The van der Waals surface area contributed by atoms with Gasteiger partial charge in [0.25, 0.3) is 0 Å². The van der Waals surface area contributed by atoms with Crippen molar-refractivity contribution in [2.75, 3.05) is 0 Å². The summed E-state index contributed by atoms with van der Waals surface area (Å²) in [5.74, 6) is 0.584. The second kappa shape index (κ2) is 4.50. The lowest BCUT2D eigenvalue weighted by atomic mass is 10.1. The van der Waals surface area contributed by atoms with Crippen molar-refractivity contribution in [1.29, 1.82) is 0 Å². The highest BCUT2D eigenvalue weighted by Crippen LogP contribution is 2.41. The third-order valence-electron chi connectivity index (χ3n) is 3.82. The predicted octanol–water partition coefficient (Wildman–Crippen LogP) is 4.46. The Balaban J connectivity index is 3.08. The second-order valence-corrected chi connectivity index (χ2v) is 9.54. The minimum absolute atomic E-state index is 0.329. The summed E-state index contributed by atoms with van der Waals surface area (Å²) in [6.45, 7) is 18.0. The van der Waals surface area contributed by atoms with Crippen molar-refractivity contribution in [2.24, 2.45) is 5.92 Å². The van der Waals surface area contributed by atoms with E-state index in [1.54, 1.807) is 5.20 Å². The summed E-state index contributed by atoms with van der Waals surface area (Å²) in [6, 6.07) is 0. The predicted molar refractivity (Wildman–Crippen MR) is 73.9 cm³/mol. The first-order valence-electron chi connectivity index (χ1n) is 6.25. The van der Waals surface area contributed by atoms with Crippen molar-refractivity contribution in [3.63, 3.8) is 0 Å². The highest BCUT2D eigenvalue weighted by Gasteiger charge is 2.38. The van der Waals surface area contributed by atoms with Gasteiger partial charge in [-0.2, -0.15) is 0 Å².